The predicted octanol–water partition coefficient (Wildman–Crippen LogP) is 5.25. The molecular weight excluding hydrogens is 298 g/mol. The minimum atomic E-state index is -0.477. The summed E-state index contributed by atoms with van der Waals surface area (Å²) in [6.45, 7) is 0. The van der Waals surface area contributed by atoms with Gasteiger partial charge in [0.25, 0.3) is 0 Å². The van der Waals surface area contributed by atoms with Crippen molar-refractivity contribution in [2.45, 2.75) is 31.6 Å². The van der Waals surface area contributed by atoms with E-state index in [0.29, 0.717) is 22.5 Å². The molecule has 0 radical (unpaired) electrons. The van der Waals surface area contributed by atoms with Gasteiger partial charge in [-0.1, -0.05) is 36.0 Å². The summed E-state index contributed by atoms with van der Waals surface area (Å²) in [6, 6.07) is 6.36. The first-order valence-electron chi connectivity index (χ1n) is 6.63. The maximum absolute atomic E-state index is 13.5. The Kier molecular flexibility index (Phi) is 3.90. The Bertz CT molecular complexity index is 640. The van der Waals surface area contributed by atoms with Crippen molar-refractivity contribution in [3.63, 3.8) is 0 Å². The Morgan fingerprint density at radius 2 is 1.80 bits per heavy atom. The van der Waals surface area contributed by atoms with Crippen LogP contribution in [0, 0.1) is 5.82 Å². The molecular formula is C15H13Cl2FN2. The van der Waals surface area contributed by atoms with Crippen molar-refractivity contribution < 1.29 is 4.39 Å². The number of halogens is 3. The summed E-state index contributed by atoms with van der Waals surface area (Å²) in [6.07, 6.45) is 4.69. The van der Waals surface area contributed by atoms with E-state index in [-0.39, 0.29) is 5.02 Å². The van der Waals surface area contributed by atoms with Crippen LogP contribution in [0.15, 0.2) is 24.3 Å². The molecule has 0 amide bonds. The van der Waals surface area contributed by atoms with Gasteiger partial charge in [0, 0.05) is 17.2 Å². The Labute approximate surface area is 127 Å². The molecule has 0 N–H and O–H groups in total. The standard InChI is InChI=1S/C15H13Cl2FN2/c16-11-6-5-10(7-12(11)18)15-19-13(8-14(17)20-15)9-3-1-2-4-9/h5-9H,1-4H2. The molecule has 0 atom stereocenters. The van der Waals surface area contributed by atoms with Gasteiger partial charge in [0.05, 0.1) is 5.02 Å². The minimum Gasteiger partial charge on any atom is -0.233 e. The maximum atomic E-state index is 13.5. The first-order chi connectivity index (χ1) is 9.63. The van der Waals surface area contributed by atoms with Gasteiger partial charge in [0.2, 0.25) is 0 Å². The molecule has 2 nitrogen and oxygen atoms in total. The average molecular weight is 311 g/mol. The van der Waals surface area contributed by atoms with E-state index in [1.165, 1.54) is 25.0 Å². The monoisotopic (exact) mass is 310 g/mol. The van der Waals surface area contributed by atoms with Gasteiger partial charge < -0.3 is 0 Å². The third-order valence-corrected chi connectivity index (χ3v) is 4.17. The van der Waals surface area contributed by atoms with Crippen molar-refractivity contribution in [2.75, 3.05) is 0 Å². The highest BCUT2D eigenvalue weighted by Crippen LogP contribution is 2.34. The molecule has 20 heavy (non-hydrogen) atoms. The third-order valence-electron chi connectivity index (χ3n) is 3.67. The summed E-state index contributed by atoms with van der Waals surface area (Å²) < 4.78 is 13.5. The van der Waals surface area contributed by atoms with Crippen molar-refractivity contribution in [3.05, 3.63) is 46.0 Å². The van der Waals surface area contributed by atoms with E-state index >= 15 is 0 Å². The smallest absolute Gasteiger partial charge is 0.161 e. The predicted molar refractivity (Wildman–Crippen MR) is 78.7 cm³/mol. The van der Waals surface area contributed by atoms with Gasteiger partial charge >= 0.3 is 0 Å². The van der Waals surface area contributed by atoms with Crippen molar-refractivity contribution in [2.24, 2.45) is 0 Å². The van der Waals surface area contributed by atoms with Crippen LogP contribution in [0.5, 0.6) is 0 Å². The Balaban J connectivity index is 2.02. The zero-order chi connectivity index (χ0) is 14.1. The van der Waals surface area contributed by atoms with E-state index in [1.807, 2.05) is 6.07 Å². The SMILES string of the molecule is Fc1cc(-c2nc(Cl)cc(C3CCCC3)n2)ccc1Cl. The zero-order valence-electron chi connectivity index (χ0n) is 10.7. The Morgan fingerprint density at radius 1 is 1.05 bits per heavy atom. The largest absolute Gasteiger partial charge is 0.233 e. The summed E-state index contributed by atoms with van der Waals surface area (Å²) >= 11 is 11.8. The lowest BCUT2D eigenvalue weighted by Gasteiger charge is -2.10. The topological polar surface area (TPSA) is 25.8 Å². The van der Waals surface area contributed by atoms with Crippen LogP contribution in [-0.2, 0) is 0 Å². The van der Waals surface area contributed by atoms with E-state index < -0.39 is 5.82 Å². The number of aromatic nitrogens is 2. The third kappa shape index (κ3) is 2.79. The molecule has 0 unspecified atom stereocenters. The van der Waals surface area contributed by atoms with Gasteiger partial charge in [-0.2, -0.15) is 0 Å². The van der Waals surface area contributed by atoms with Crippen molar-refractivity contribution in [3.8, 4) is 11.4 Å². The van der Waals surface area contributed by atoms with Crippen molar-refractivity contribution in [1.82, 2.24) is 9.97 Å². The van der Waals surface area contributed by atoms with E-state index in [0.717, 1.165) is 18.5 Å². The molecule has 1 fully saturated rings. The molecule has 3 rings (SSSR count). The molecule has 0 aliphatic heterocycles. The van der Waals surface area contributed by atoms with Gasteiger partial charge in [-0.25, -0.2) is 14.4 Å². The summed E-state index contributed by atoms with van der Waals surface area (Å²) in [7, 11) is 0. The van der Waals surface area contributed by atoms with Crippen LogP contribution >= 0.6 is 23.2 Å². The molecule has 1 aromatic carbocycles. The van der Waals surface area contributed by atoms with Gasteiger partial charge in [0.1, 0.15) is 11.0 Å². The van der Waals surface area contributed by atoms with Crippen LogP contribution in [0.3, 0.4) is 0 Å². The van der Waals surface area contributed by atoms with Crippen LogP contribution in [0.1, 0.15) is 37.3 Å². The number of benzene rings is 1. The zero-order valence-corrected chi connectivity index (χ0v) is 12.3. The van der Waals surface area contributed by atoms with Gasteiger partial charge in [-0.05, 0) is 37.1 Å². The van der Waals surface area contributed by atoms with Crippen LogP contribution in [0.4, 0.5) is 4.39 Å². The normalized spacial score (nSPS) is 15.8. The molecule has 0 bridgehead atoms. The molecule has 1 aliphatic rings. The fourth-order valence-electron chi connectivity index (χ4n) is 2.63. The highest BCUT2D eigenvalue weighted by atomic mass is 35.5. The lowest BCUT2D eigenvalue weighted by Crippen LogP contribution is -2.00. The first-order valence-corrected chi connectivity index (χ1v) is 7.39. The number of hydrogen-bond donors (Lipinski definition) is 0. The molecule has 0 spiro atoms. The second-order valence-corrected chi connectivity index (χ2v) is 5.84. The van der Waals surface area contributed by atoms with Crippen molar-refractivity contribution >= 4 is 23.2 Å². The summed E-state index contributed by atoms with van der Waals surface area (Å²) in [5.41, 5.74) is 1.54. The molecule has 2 aromatic rings. The summed E-state index contributed by atoms with van der Waals surface area (Å²) in [5, 5.41) is 0.485. The quantitative estimate of drug-likeness (QED) is 0.708. The second-order valence-electron chi connectivity index (χ2n) is 5.05. The fraction of sp³-hybridized carbons (Fsp3) is 0.333. The van der Waals surface area contributed by atoms with Gasteiger partial charge in [-0.3, -0.25) is 0 Å². The van der Waals surface area contributed by atoms with E-state index in [1.54, 1.807) is 6.07 Å². The number of rotatable bonds is 2. The molecule has 5 heteroatoms. The minimum absolute atomic E-state index is 0.0896. The highest BCUT2D eigenvalue weighted by Gasteiger charge is 2.20. The first kappa shape index (κ1) is 13.8. The second kappa shape index (κ2) is 5.66. The van der Waals surface area contributed by atoms with E-state index in [4.69, 9.17) is 23.2 Å². The van der Waals surface area contributed by atoms with Crippen LogP contribution in [0.2, 0.25) is 10.2 Å². The Morgan fingerprint density at radius 3 is 2.50 bits per heavy atom. The average Bonchev–Trinajstić information content (AvgIpc) is 2.95. The molecule has 1 aromatic heterocycles. The van der Waals surface area contributed by atoms with Crippen LogP contribution < -0.4 is 0 Å². The van der Waals surface area contributed by atoms with Crippen LogP contribution in [0.25, 0.3) is 11.4 Å². The van der Waals surface area contributed by atoms with Crippen molar-refractivity contribution in [1.29, 1.82) is 0 Å². The highest BCUT2D eigenvalue weighted by molar-refractivity contribution is 6.30. The lowest BCUT2D eigenvalue weighted by atomic mass is 10.0. The van der Waals surface area contributed by atoms with E-state index in [9.17, 15) is 4.39 Å². The number of hydrogen-bond acceptors (Lipinski definition) is 2. The number of nitrogens with zero attached hydrogens (tertiary/aromatic N) is 2. The van der Waals surface area contributed by atoms with Crippen LogP contribution in [-0.4, -0.2) is 9.97 Å². The molecule has 104 valence electrons. The molecule has 1 saturated carbocycles. The molecule has 1 heterocycles. The summed E-state index contributed by atoms with van der Waals surface area (Å²) in [4.78, 5) is 8.74. The summed E-state index contributed by atoms with van der Waals surface area (Å²) in [5.74, 6) is 0.413. The van der Waals surface area contributed by atoms with Gasteiger partial charge in [-0.15, -0.1) is 0 Å². The van der Waals surface area contributed by atoms with Gasteiger partial charge in [0.15, 0.2) is 5.82 Å². The fourth-order valence-corrected chi connectivity index (χ4v) is 2.94. The Hall–Kier alpha value is -1.19. The molecule has 0 saturated heterocycles. The molecule has 1 aliphatic carbocycles. The van der Waals surface area contributed by atoms with E-state index in [2.05, 4.69) is 9.97 Å². The lowest BCUT2D eigenvalue weighted by molar-refractivity contribution is 0.628. The maximum Gasteiger partial charge on any atom is 0.161 e.